The molecule has 1 aromatic carbocycles. The van der Waals surface area contributed by atoms with Crippen LogP contribution < -0.4 is 5.32 Å². The number of hydrogen-bond acceptors (Lipinski definition) is 3. The fourth-order valence-electron chi connectivity index (χ4n) is 3.84. The number of nitrogens with one attached hydrogen (secondary N) is 1. The molecule has 136 valence electrons. The number of likely N-dealkylation sites (tertiary alicyclic amines) is 1. The Bertz CT molecular complexity index is 725. The summed E-state index contributed by atoms with van der Waals surface area (Å²) in [6.07, 6.45) is 8.56. The van der Waals surface area contributed by atoms with Crippen LogP contribution in [0.4, 0.5) is 5.69 Å². The van der Waals surface area contributed by atoms with E-state index in [2.05, 4.69) is 33.4 Å². The van der Waals surface area contributed by atoms with Crippen molar-refractivity contribution >= 4 is 11.6 Å². The molecule has 1 saturated heterocycles. The third-order valence-electron chi connectivity index (χ3n) is 5.52. The summed E-state index contributed by atoms with van der Waals surface area (Å²) in [4.78, 5) is 19.6. The molecular formula is C22H27N3O. The number of amides is 1. The van der Waals surface area contributed by atoms with Crippen molar-refractivity contribution in [2.75, 3.05) is 18.4 Å². The molecule has 1 aliphatic carbocycles. The van der Waals surface area contributed by atoms with Gasteiger partial charge in [0, 0.05) is 30.5 Å². The number of pyridine rings is 1. The van der Waals surface area contributed by atoms with Crippen LogP contribution in [0.15, 0.2) is 48.7 Å². The van der Waals surface area contributed by atoms with E-state index in [1.165, 1.54) is 24.8 Å². The number of aromatic nitrogens is 1. The van der Waals surface area contributed by atoms with Gasteiger partial charge in [0.1, 0.15) is 0 Å². The third kappa shape index (κ3) is 4.31. The molecule has 1 atom stereocenters. The number of benzene rings is 1. The molecule has 2 aliphatic rings. The second-order valence-corrected chi connectivity index (χ2v) is 7.50. The van der Waals surface area contributed by atoms with Crippen LogP contribution in [0, 0.1) is 0 Å². The average Bonchev–Trinajstić information content (AvgIpc) is 3.53. The molecule has 0 bridgehead atoms. The molecule has 2 aromatic rings. The van der Waals surface area contributed by atoms with Gasteiger partial charge < -0.3 is 5.32 Å². The smallest absolute Gasteiger partial charge is 0.241 e. The van der Waals surface area contributed by atoms with Crippen LogP contribution in [-0.4, -0.2) is 34.9 Å². The molecule has 0 spiro atoms. The van der Waals surface area contributed by atoms with Crippen LogP contribution in [0.3, 0.4) is 0 Å². The Kier molecular flexibility index (Phi) is 5.30. The van der Waals surface area contributed by atoms with Crippen LogP contribution >= 0.6 is 0 Å². The molecule has 1 aromatic heterocycles. The van der Waals surface area contributed by atoms with Gasteiger partial charge in [0.25, 0.3) is 0 Å². The molecule has 4 nitrogen and oxygen atoms in total. The summed E-state index contributed by atoms with van der Waals surface area (Å²) >= 11 is 0. The second kappa shape index (κ2) is 8.00. The zero-order valence-corrected chi connectivity index (χ0v) is 15.2. The largest absolute Gasteiger partial charge is 0.325 e. The first-order valence-electron chi connectivity index (χ1n) is 9.84. The van der Waals surface area contributed by atoms with Gasteiger partial charge in [-0.25, -0.2) is 0 Å². The maximum atomic E-state index is 12.9. The van der Waals surface area contributed by atoms with Crippen LogP contribution in [0.5, 0.6) is 0 Å². The van der Waals surface area contributed by atoms with E-state index in [1.54, 1.807) is 0 Å². The standard InChI is InChI=1S/C22H27N3O/c26-22(24-20-11-9-18(10-12-20)17-7-8-17)21-6-2-4-15-25(21)16-13-19-5-1-3-14-23-19/h1,3,5,9-12,14,17,21H,2,4,6-8,13,15-16H2,(H,24,26)/t21-/m1/s1. The van der Waals surface area contributed by atoms with Gasteiger partial charge in [-0.3, -0.25) is 14.7 Å². The molecule has 4 heteroatoms. The summed E-state index contributed by atoms with van der Waals surface area (Å²) in [7, 11) is 0. The molecule has 4 rings (SSSR count). The van der Waals surface area contributed by atoms with E-state index >= 15 is 0 Å². The van der Waals surface area contributed by atoms with Crippen molar-refractivity contribution in [3.63, 3.8) is 0 Å². The SMILES string of the molecule is O=C(Nc1ccc(C2CC2)cc1)[C@H]1CCCCN1CCc1ccccn1. The predicted octanol–water partition coefficient (Wildman–Crippen LogP) is 3.99. The van der Waals surface area contributed by atoms with E-state index in [0.29, 0.717) is 0 Å². The molecule has 2 heterocycles. The normalized spacial score (nSPS) is 20.7. The Hall–Kier alpha value is -2.20. The zero-order valence-electron chi connectivity index (χ0n) is 15.2. The predicted molar refractivity (Wildman–Crippen MR) is 104 cm³/mol. The van der Waals surface area contributed by atoms with Crippen molar-refractivity contribution in [1.82, 2.24) is 9.88 Å². The molecule has 1 saturated carbocycles. The van der Waals surface area contributed by atoms with E-state index in [-0.39, 0.29) is 11.9 Å². The molecular weight excluding hydrogens is 322 g/mol. The third-order valence-corrected chi connectivity index (χ3v) is 5.52. The van der Waals surface area contributed by atoms with Crippen molar-refractivity contribution in [3.05, 3.63) is 59.9 Å². The first-order chi connectivity index (χ1) is 12.8. The summed E-state index contributed by atoms with van der Waals surface area (Å²) < 4.78 is 0. The van der Waals surface area contributed by atoms with E-state index < -0.39 is 0 Å². The summed E-state index contributed by atoms with van der Waals surface area (Å²) in [5.74, 6) is 0.880. The van der Waals surface area contributed by atoms with Crippen molar-refractivity contribution in [3.8, 4) is 0 Å². The Morgan fingerprint density at radius 1 is 1.08 bits per heavy atom. The minimum Gasteiger partial charge on any atom is -0.325 e. The van der Waals surface area contributed by atoms with Gasteiger partial charge in [-0.1, -0.05) is 24.6 Å². The summed E-state index contributed by atoms with van der Waals surface area (Å²) in [5.41, 5.74) is 3.40. The van der Waals surface area contributed by atoms with Gasteiger partial charge in [0.05, 0.1) is 6.04 Å². The lowest BCUT2D eigenvalue weighted by Crippen LogP contribution is -2.47. The lowest BCUT2D eigenvalue weighted by Gasteiger charge is -2.34. The van der Waals surface area contributed by atoms with Crippen LogP contribution in [0.1, 0.15) is 49.3 Å². The van der Waals surface area contributed by atoms with Gasteiger partial charge in [0.2, 0.25) is 5.91 Å². The molecule has 1 N–H and O–H groups in total. The first-order valence-corrected chi connectivity index (χ1v) is 9.84. The Balaban J connectivity index is 1.36. The van der Waals surface area contributed by atoms with Crippen LogP contribution in [-0.2, 0) is 11.2 Å². The molecule has 0 unspecified atom stereocenters. The first kappa shape index (κ1) is 17.2. The number of nitrogens with zero attached hydrogens (tertiary/aromatic N) is 2. The number of piperidine rings is 1. The van der Waals surface area contributed by atoms with Gasteiger partial charge >= 0.3 is 0 Å². The highest BCUT2D eigenvalue weighted by Crippen LogP contribution is 2.40. The lowest BCUT2D eigenvalue weighted by molar-refractivity contribution is -0.122. The summed E-state index contributed by atoms with van der Waals surface area (Å²) in [6, 6.07) is 14.4. The van der Waals surface area contributed by atoms with E-state index in [0.717, 1.165) is 49.7 Å². The van der Waals surface area contributed by atoms with E-state index in [4.69, 9.17) is 0 Å². The van der Waals surface area contributed by atoms with Crippen LogP contribution in [0.2, 0.25) is 0 Å². The topological polar surface area (TPSA) is 45.2 Å². The zero-order chi connectivity index (χ0) is 17.8. The number of anilines is 1. The Morgan fingerprint density at radius 2 is 1.92 bits per heavy atom. The fraction of sp³-hybridized carbons (Fsp3) is 0.455. The Morgan fingerprint density at radius 3 is 2.65 bits per heavy atom. The van der Waals surface area contributed by atoms with E-state index in [9.17, 15) is 4.79 Å². The molecule has 2 fully saturated rings. The maximum Gasteiger partial charge on any atom is 0.241 e. The molecule has 1 aliphatic heterocycles. The number of carbonyl (C=O) groups excluding carboxylic acids is 1. The highest BCUT2D eigenvalue weighted by molar-refractivity contribution is 5.94. The fourth-order valence-corrected chi connectivity index (χ4v) is 3.84. The van der Waals surface area contributed by atoms with Gasteiger partial charge in [-0.05, 0) is 68.0 Å². The van der Waals surface area contributed by atoms with E-state index in [1.807, 2.05) is 30.5 Å². The number of carbonyl (C=O) groups is 1. The molecule has 0 radical (unpaired) electrons. The minimum atomic E-state index is -0.0319. The average molecular weight is 349 g/mol. The molecule has 1 amide bonds. The lowest BCUT2D eigenvalue weighted by atomic mass is 10.0. The summed E-state index contributed by atoms with van der Waals surface area (Å²) in [6.45, 7) is 1.88. The van der Waals surface area contributed by atoms with Crippen molar-refractivity contribution in [1.29, 1.82) is 0 Å². The number of rotatable bonds is 6. The monoisotopic (exact) mass is 349 g/mol. The van der Waals surface area contributed by atoms with Crippen molar-refractivity contribution in [2.45, 2.75) is 50.5 Å². The van der Waals surface area contributed by atoms with Gasteiger partial charge in [-0.2, -0.15) is 0 Å². The second-order valence-electron chi connectivity index (χ2n) is 7.50. The maximum absolute atomic E-state index is 12.9. The van der Waals surface area contributed by atoms with Gasteiger partial charge in [-0.15, -0.1) is 0 Å². The van der Waals surface area contributed by atoms with Crippen molar-refractivity contribution in [2.24, 2.45) is 0 Å². The Labute approximate surface area is 155 Å². The number of hydrogen-bond donors (Lipinski definition) is 1. The molecule has 26 heavy (non-hydrogen) atoms. The van der Waals surface area contributed by atoms with Crippen LogP contribution in [0.25, 0.3) is 0 Å². The minimum absolute atomic E-state index is 0.0319. The highest BCUT2D eigenvalue weighted by atomic mass is 16.2. The van der Waals surface area contributed by atoms with Gasteiger partial charge in [0.15, 0.2) is 0 Å². The van der Waals surface area contributed by atoms with Crippen molar-refractivity contribution < 1.29 is 4.79 Å². The quantitative estimate of drug-likeness (QED) is 0.857. The highest BCUT2D eigenvalue weighted by Gasteiger charge is 2.28. The summed E-state index contributed by atoms with van der Waals surface area (Å²) in [5, 5.41) is 3.13.